The van der Waals surface area contributed by atoms with Gasteiger partial charge in [-0.2, -0.15) is 0 Å². The molecule has 4 aromatic rings. The highest BCUT2D eigenvalue weighted by atomic mass is 35.5. The highest BCUT2D eigenvalue weighted by Gasteiger charge is 2.20. The Balaban J connectivity index is 1.52. The minimum absolute atomic E-state index is 0.461. The van der Waals surface area contributed by atoms with E-state index in [1.165, 1.54) is 70.6 Å². The highest BCUT2D eigenvalue weighted by Crippen LogP contribution is 2.35. The molecule has 0 radical (unpaired) electrons. The van der Waals surface area contributed by atoms with Crippen LogP contribution in [0, 0.1) is 0 Å². The van der Waals surface area contributed by atoms with Crippen molar-refractivity contribution in [1.82, 2.24) is 15.0 Å². The third-order valence-corrected chi connectivity index (χ3v) is 7.76. The van der Waals surface area contributed by atoms with Crippen LogP contribution in [0.15, 0.2) is 42.5 Å². The molecule has 178 valence electrons. The van der Waals surface area contributed by atoms with Gasteiger partial charge in [-0.05, 0) is 37.1 Å². The summed E-state index contributed by atoms with van der Waals surface area (Å²) in [7, 11) is 0. The zero-order valence-corrected chi connectivity index (χ0v) is 21.1. The lowest BCUT2D eigenvalue weighted by Crippen LogP contribution is -2.03. The fourth-order valence-electron chi connectivity index (χ4n) is 5.14. The summed E-state index contributed by atoms with van der Waals surface area (Å²) in [6, 6.07) is 13.8. The molecule has 2 aromatic heterocycles. The molecule has 0 saturated heterocycles. The largest absolute Gasteiger partial charge is 0.339 e. The number of nitrogens with one attached hydrogen (secondary N) is 2. The lowest BCUT2D eigenvalue weighted by molar-refractivity contribution is 0.458. The molecule has 34 heavy (non-hydrogen) atoms. The summed E-state index contributed by atoms with van der Waals surface area (Å²) in [6.07, 6.45) is 14.5. The van der Waals surface area contributed by atoms with Crippen LogP contribution in [0.25, 0.3) is 21.9 Å². The van der Waals surface area contributed by atoms with Crippen LogP contribution in [-0.4, -0.2) is 15.0 Å². The number of fused-ring (bicyclic) bond motifs is 3. The predicted octanol–water partition coefficient (Wildman–Crippen LogP) is 9.55. The SMILES string of the molecule is Clc1ccc(Nc2nc3ccccc3c3nc(C4CCCCCCCCCCC4)[nH]c23)cc1Cl. The number of pyridine rings is 1. The van der Waals surface area contributed by atoms with E-state index in [2.05, 4.69) is 22.4 Å². The predicted molar refractivity (Wildman–Crippen MR) is 145 cm³/mol. The Hall–Kier alpha value is -2.30. The van der Waals surface area contributed by atoms with Gasteiger partial charge in [-0.25, -0.2) is 9.97 Å². The van der Waals surface area contributed by atoms with E-state index in [-0.39, 0.29) is 0 Å². The topological polar surface area (TPSA) is 53.6 Å². The maximum absolute atomic E-state index is 6.26. The van der Waals surface area contributed by atoms with Gasteiger partial charge in [-0.15, -0.1) is 0 Å². The van der Waals surface area contributed by atoms with Crippen molar-refractivity contribution in [3.63, 3.8) is 0 Å². The van der Waals surface area contributed by atoms with Gasteiger partial charge in [0, 0.05) is 17.0 Å². The van der Waals surface area contributed by atoms with Crippen LogP contribution >= 0.6 is 23.2 Å². The van der Waals surface area contributed by atoms with Crippen LogP contribution in [0.2, 0.25) is 10.0 Å². The number of hydrogen-bond acceptors (Lipinski definition) is 3. The van der Waals surface area contributed by atoms with E-state index < -0.39 is 0 Å². The second-order valence-electron chi connectivity index (χ2n) is 9.53. The summed E-state index contributed by atoms with van der Waals surface area (Å²) in [4.78, 5) is 13.8. The van der Waals surface area contributed by atoms with Gasteiger partial charge in [0.05, 0.1) is 15.6 Å². The Kier molecular flexibility index (Phi) is 7.56. The van der Waals surface area contributed by atoms with Crippen molar-refractivity contribution in [1.29, 1.82) is 0 Å². The first-order chi connectivity index (χ1) is 16.7. The first-order valence-corrected chi connectivity index (χ1v) is 13.4. The van der Waals surface area contributed by atoms with Crippen LogP contribution in [0.1, 0.15) is 82.4 Å². The van der Waals surface area contributed by atoms with Gasteiger partial charge in [-0.3, -0.25) is 0 Å². The Morgan fingerprint density at radius 1 is 0.765 bits per heavy atom. The monoisotopic (exact) mass is 494 g/mol. The number of halogens is 2. The molecule has 2 aromatic carbocycles. The maximum atomic E-state index is 6.26. The van der Waals surface area contributed by atoms with E-state index in [0.29, 0.717) is 16.0 Å². The number of aromatic amines is 1. The molecule has 4 nitrogen and oxygen atoms in total. The molecule has 0 aliphatic heterocycles. The number of aromatic nitrogens is 3. The number of anilines is 2. The first kappa shape index (κ1) is 23.4. The fraction of sp³-hybridized carbons (Fsp3) is 0.429. The quantitative estimate of drug-likeness (QED) is 0.298. The zero-order valence-electron chi connectivity index (χ0n) is 19.5. The van der Waals surface area contributed by atoms with Crippen molar-refractivity contribution in [2.45, 2.75) is 76.5 Å². The van der Waals surface area contributed by atoms with Crippen LogP contribution in [0.3, 0.4) is 0 Å². The average Bonchev–Trinajstić information content (AvgIpc) is 3.28. The summed E-state index contributed by atoms with van der Waals surface area (Å²) in [5.74, 6) is 2.32. The van der Waals surface area contributed by atoms with Crippen molar-refractivity contribution in [3.05, 3.63) is 58.3 Å². The second-order valence-corrected chi connectivity index (χ2v) is 10.3. The van der Waals surface area contributed by atoms with Crippen molar-refractivity contribution >= 4 is 56.6 Å². The van der Waals surface area contributed by atoms with E-state index in [0.717, 1.165) is 39.3 Å². The van der Waals surface area contributed by atoms with E-state index in [1.54, 1.807) is 6.07 Å². The molecule has 1 saturated carbocycles. The van der Waals surface area contributed by atoms with E-state index >= 15 is 0 Å². The van der Waals surface area contributed by atoms with Gasteiger partial charge in [-0.1, -0.05) is 99.2 Å². The normalized spacial score (nSPS) is 16.9. The molecular weight excluding hydrogens is 463 g/mol. The molecule has 5 rings (SSSR count). The number of nitrogens with zero attached hydrogens (tertiary/aromatic N) is 2. The molecule has 0 atom stereocenters. The fourth-order valence-corrected chi connectivity index (χ4v) is 5.43. The summed E-state index contributed by atoms with van der Waals surface area (Å²) in [6.45, 7) is 0. The molecule has 1 aliphatic rings. The molecule has 1 aliphatic carbocycles. The Labute approximate surface area is 211 Å². The smallest absolute Gasteiger partial charge is 0.157 e. The van der Waals surface area contributed by atoms with Gasteiger partial charge >= 0.3 is 0 Å². The summed E-state index contributed by atoms with van der Waals surface area (Å²) < 4.78 is 0. The number of benzene rings is 2. The van der Waals surface area contributed by atoms with Gasteiger partial charge in [0.15, 0.2) is 5.82 Å². The van der Waals surface area contributed by atoms with Crippen LogP contribution in [0.4, 0.5) is 11.5 Å². The summed E-state index contributed by atoms with van der Waals surface area (Å²) in [5.41, 5.74) is 3.70. The van der Waals surface area contributed by atoms with Crippen LogP contribution in [-0.2, 0) is 0 Å². The van der Waals surface area contributed by atoms with Crippen molar-refractivity contribution in [2.75, 3.05) is 5.32 Å². The number of rotatable bonds is 3. The zero-order chi connectivity index (χ0) is 23.3. The Bertz CT molecular complexity index is 1250. The number of H-pyrrole nitrogens is 1. The van der Waals surface area contributed by atoms with Crippen LogP contribution < -0.4 is 5.32 Å². The van der Waals surface area contributed by atoms with Crippen molar-refractivity contribution < 1.29 is 0 Å². The molecule has 0 amide bonds. The molecule has 1 fully saturated rings. The number of hydrogen-bond donors (Lipinski definition) is 2. The molecule has 0 unspecified atom stereocenters. The lowest BCUT2D eigenvalue weighted by atomic mass is 9.92. The van der Waals surface area contributed by atoms with E-state index in [4.69, 9.17) is 33.2 Å². The Morgan fingerprint density at radius 3 is 2.15 bits per heavy atom. The third kappa shape index (κ3) is 5.34. The van der Waals surface area contributed by atoms with E-state index in [9.17, 15) is 0 Å². The molecule has 2 heterocycles. The number of para-hydroxylation sites is 1. The third-order valence-electron chi connectivity index (χ3n) is 7.02. The first-order valence-electron chi connectivity index (χ1n) is 12.7. The number of imidazole rings is 1. The molecule has 2 N–H and O–H groups in total. The highest BCUT2D eigenvalue weighted by molar-refractivity contribution is 6.42. The molecule has 0 spiro atoms. The minimum Gasteiger partial charge on any atom is -0.339 e. The van der Waals surface area contributed by atoms with Crippen molar-refractivity contribution in [2.24, 2.45) is 0 Å². The van der Waals surface area contributed by atoms with Crippen LogP contribution in [0.5, 0.6) is 0 Å². The molecule has 0 bridgehead atoms. The Morgan fingerprint density at radius 2 is 1.44 bits per heavy atom. The maximum Gasteiger partial charge on any atom is 0.157 e. The van der Waals surface area contributed by atoms with E-state index in [1.807, 2.05) is 24.3 Å². The van der Waals surface area contributed by atoms with Gasteiger partial charge in [0.25, 0.3) is 0 Å². The minimum atomic E-state index is 0.461. The van der Waals surface area contributed by atoms with Gasteiger partial charge in [0.2, 0.25) is 0 Å². The molecular formula is C28H32Cl2N4. The standard InChI is InChI=1S/C28H32Cl2N4/c29-22-17-16-20(18-23(22)30)31-28-26-25(21-14-10-11-15-24(21)32-28)33-27(34-26)19-12-8-6-4-2-1-3-5-7-9-13-19/h10-11,14-19H,1-9,12-13H2,(H,31,32)(H,33,34). The average molecular weight is 495 g/mol. The second kappa shape index (κ2) is 11.0. The lowest BCUT2D eigenvalue weighted by Gasteiger charge is -2.15. The summed E-state index contributed by atoms with van der Waals surface area (Å²) >= 11 is 12.4. The van der Waals surface area contributed by atoms with Gasteiger partial charge in [0.1, 0.15) is 16.9 Å². The summed E-state index contributed by atoms with van der Waals surface area (Å²) in [5, 5.41) is 5.58. The van der Waals surface area contributed by atoms with Gasteiger partial charge < -0.3 is 10.3 Å². The molecule has 6 heteroatoms. The van der Waals surface area contributed by atoms with Crippen molar-refractivity contribution in [3.8, 4) is 0 Å².